The van der Waals surface area contributed by atoms with Gasteiger partial charge in [-0.25, -0.2) is 0 Å². The molecule has 2 heteroatoms. The molecule has 0 N–H and O–H groups in total. The minimum atomic E-state index is 0.709. The molecular weight excluding hydrogens is 268 g/mol. The summed E-state index contributed by atoms with van der Waals surface area (Å²) in [4.78, 5) is 0.709. The third kappa shape index (κ3) is 1.52. The van der Waals surface area contributed by atoms with Crippen LogP contribution >= 0.6 is 31.9 Å². The maximum atomic E-state index is 3.60. The fraction of sp³-hybridized carbons (Fsp3) is 0.333. The fourth-order valence-corrected chi connectivity index (χ4v) is 2.53. The van der Waals surface area contributed by atoms with Gasteiger partial charge in [0.25, 0.3) is 0 Å². The molecule has 1 aliphatic rings. The van der Waals surface area contributed by atoms with Crippen LogP contribution in [-0.4, -0.2) is 4.83 Å². The maximum absolute atomic E-state index is 3.60. The van der Waals surface area contributed by atoms with E-state index in [1.165, 1.54) is 16.5 Å². The summed E-state index contributed by atoms with van der Waals surface area (Å²) in [5, 5.41) is 0. The van der Waals surface area contributed by atoms with Gasteiger partial charge in [-0.15, -0.1) is 0 Å². The molecule has 0 unspecified atom stereocenters. The molecule has 0 bridgehead atoms. The van der Waals surface area contributed by atoms with Gasteiger partial charge in [-0.2, -0.15) is 0 Å². The Kier molecular flexibility index (Phi) is 2.06. The molecule has 0 nitrogen and oxygen atoms in total. The van der Waals surface area contributed by atoms with Crippen LogP contribution in [-0.2, 0) is 0 Å². The Morgan fingerprint density at radius 2 is 1.91 bits per heavy atom. The Hall–Kier alpha value is 0.180. The molecule has 0 radical (unpaired) electrons. The zero-order valence-corrected chi connectivity index (χ0v) is 9.10. The highest BCUT2D eigenvalue weighted by molar-refractivity contribution is 9.10. The van der Waals surface area contributed by atoms with Crippen molar-refractivity contribution in [2.75, 3.05) is 0 Å². The predicted molar refractivity (Wildman–Crippen MR) is 54.2 cm³/mol. The molecule has 2 rings (SSSR count). The largest absolute Gasteiger partial charge is 0.0884 e. The van der Waals surface area contributed by atoms with Crippen LogP contribution in [0.5, 0.6) is 0 Å². The molecule has 0 heterocycles. The van der Waals surface area contributed by atoms with Crippen LogP contribution < -0.4 is 0 Å². The molecule has 0 saturated heterocycles. The van der Waals surface area contributed by atoms with Crippen molar-refractivity contribution >= 4 is 31.9 Å². The standard InChI is InChI=1S/C9H8Br2/c10-8-4-2-1-3-6(8)7-5-9(7)11/h1-4,7,9H,5H2/t7-,9+/m1/s1. The minimum Gasteiger partial charge on any atom is -0.0884 e. The first kappa shape index (κ1) is 7.81. The average molecular weight is 276 g/mol. The van der Waals surface area contributed by atoms with E-state index in [1.807, 2.05) is 0 Å². The second kappa shape index (κ2) is 2.91. The van der Waals surface area contributed by atoms with Crippen molar-refractivity contribution in [3.63, 3.8) is 0 Å². The van der Waals surface area contributed by atoms with Gasteiger partial charge < -0.3 is 0 Å². The number of benzene rings is 1. The first-order valence-electron chi connectivity index (χ1n) is 3.67. The summed E-state index contributed by atoms with van der Waals surface area (Å²) in [6.45, 7) is 0. The van der Waals surface area contributed by atoms with Gasteiger partial charge in [-0.1, -0.05) is 50.1 Å². The van der Waals surface area contributed by atoms with E-state index >= 15 is 0 Å². The third-order valence-electron chi connectivity index (χ3n) is 2.02. The summed E-state index contributed by atoms with van der Waals surface area (Å²) in [5.41, 5.74) is 1.44. The zero-order valence-electron chi connectivity index (χ0n) is 5.93. The van der Waals surface area contributed by atoms with E-state index in [-0.39, 0.29) is 0 Å². The lowest BCUT2D eigenvalue weighted by atomic mass is 10.1. The fourth-order valence-electron chi connectivity index (χ4n) is 1.26. The van der Waals surface area contributed by atoms with E-state index in [4.69, 9.17) is 0 Å². The zero-order chi connectivity index (χ0) is 7.84. The highest BCUT2D eigenvalue weighted by Crippen LogP contribution is 2.48. The molecule has 11 heavy (non-hydrogen) atoms. The van der Waals surface area contributed by atoms with Crippen LogP contribution in [0.25, 0.3) is 0 Å². The Morgan fingerprint density at radius 1 is 1.27 bits per heavy atom. The number of hydrogen-bond acceptors (Lipinski definition) is 0. The lowest BCUT2D eigenvalue weighted by molar-refractivity contribution is 1.12. The minimum absolute atomic E-state index is 0.709. The summed E-state index contributed by atoms with van der Waals surface area (Å²) in [5.74, 6) is 0.741. The lowest BCUT2D eigenvalue weighted by Gasteiger charge is -1.99. The van der Waals surface area contributed by atoms with Gasteiger partial charge in [0.15, 0.2) is 0 Å². The summed E-state index contributed by atoms with van der Waals surface area (Å²) in [6, 6.07) is 8.45. The molecule has 0 amide bonds. The molecular formula is C9H8Br2. The quantitative estimate of drug-likeness (QED) is 0.686. The molecule has 58 valence electrons. The summed E-state index contributed by atoms with van der Waals surface area (Å²) in [6.07, 6.45) is 1.28. The van der Waals surface area contributed by atoms with Crippen LogP contribution in [0.1, 0.15) is 17.9 Å². The molecule has 2 atom stereocenters. The lowest BCUT2D eigenvalue weighted by Crippen LogP contribution is -1.82. The monoisotopic (exact) mass is 274 g/mol. The maximum Gasteiger partial charge on any atom is 0.0221 e. The Morgan fingerprint density at radius 3 is 2.45 bits per heavy atom. The van der Waals surface area contributed by atoms with Crippen molar-refractivity contribution in [2.24, 2.45) is 0 Å². The van der Waals surface area contributed by atoms with E-state index < -0.39 is 0 Å². The second-order valence-electron chi connectivity index (χ2n) is 2.88. The summed E-state index contributed by atoms with van der Waals surface area (Å²) >= 11 is 7.14. The van der Waals surface area contributed by atoms with Gasteiger partial charge in [0.05, 0.1) is 0 Å². The van der Waals surface area contributed by atoms with Gasteiger partial charge in [0.1, 0.15) is 0 Å². The van der Waals surface area contributed by atoms with Crippen LogP contribution in [0, 0.1) is 0 Å². The van der Waals surface area contributed by atoms with E-state index in [9.17, 15) is 0 Å². The first-order chi connectivity index (χ1) is 5.29. The molecule has 1 fully saturated rings. The number of hydrogen-bond donors (Lipinski definition) is 0. The molecule has 0 spiro atoms. The third-order valence-corrected chi connectivity index (χ3v) is 3.75. The Balaban J connectivity index is 2.31. The van der Waals surface area contributed by atoms with Gasteiger partial charge in [0.2, 0.25) is 0 Å². The van der Waals surface area contributed by atoms with Crippen molar-refractivity contribution < 1.29 is 0 Å². The van der Waals surface area contributed by atoms with E-state index in [2.05, 4.69) is 56.1 Å². The molecule has 1 saturated carbocycles. The smallest absolute Gasteiger partial charge is 0.0221 e. The van der Waals surface area contributed by atoms with Crippen molar-refractivity contribution in [3.05, 3.63) is 34.3 Å². The number of halogens is 2. The van der Waals surface area contributed by atoms with E-state index in [0.717, 1.165) is 5.92 Å². The van der Waals surface area contributed by atoms with Crippen molar-refractivity contribution in [3.8, 4) is 0 Å². The van der Waals surface area contributed by atoms with Crippen LogP contribution in [0.2, 0.25) is 0 Å². The van der Waals surface area contributed by atoms with Crippen LogP contribution in [0.4, 0.5) is 0 Å². The highest BCUT2D eigenvalue weighted by Gasteiger charge is 2.36. The normalized spacial score (nSPS) is 28.5. The predicted octanol–water partition coefficient (Wildman–Crippen LogP) is 3.70. The number of rotatable bonds is 1. The summed E-state index contributed by atoms with van der Waals surface area (Å²) in [7, 11) is 0. The van der Waals surface area contributed by atoms with Gasteiger partial charge in [-0.3, -0.25) is 0 Å². The van der Waals surface area contributed by atoms with Crippen LogP contribution in [0.15, 0.2) is 28.7 Å². The number of alkyl halides is 1. The topological polar surface area (TPSA) is 0 Å². The van der Waals surface area contributed by atoms with Gasteiger partial charge in [0, 0.05) is 9.30 Å². The summed E-state index contributed by atoms with van der Waals surface area (Å²) < 4.78 is 1.24. The molecule has 0 aromatic heterocycles. The Labute approximate surface area is 83.3 Å². The van der Waals surface area contributed by atoms with Crippen molar-refractivity contribution in [1.82, 2.24) is 0 Å². The molecule has 1 aliphatic carbocycles. The molecule has 1 aromatic rings. The highest BCUT2D eigenvalue weighted by atomic mass is 79.9. The average Bonchev–Trinajstić information content (AvgIpc) is 2.68. The molecule has 1 aromatic carbocycles. The van der Waals surface area contributed by atoms with Gasteiger partial charge >= 0.3 is 0 Å². The van der Waals surface area contributed by atoms with Gasteiger partial charge in [-0.05, 0) is 24.0 Å². The SMILES string of the molecule is Brc1ccccc1[C@H]1C[C@@H]1Br. The van der Waals surface area contributed by atoms with Crippen molar-refractivity contribution in [2.45, 2.75) is 17.2 Å². The van der Waals surface area contributed by atoms with Crippen molar-refractivity contribution in [1.29, 1.82) is 0 Å². The van der Waals surface area contributed by atoms with E-state index in [0.29, 0.717) is 4.83 Å². The van der Waals surface area contributed by atoms with Crippen LogP contribution in [0.3, 0.4) is 0 Å². The first-order valence-corrected chi connectivity index (χ1v) is 5.38. The second-order valence-corrected chi connectivity index (χ2v) is 4.91. The van der Waals surface area contributed by atoms with E-state index in [1.54, 1.807) is 0 Å². The molecule has 0 aliphatic heterocycles. The Bertz CT molecular complexity index is 270.